The number of nitrogens with two attached hydrogens (primary N) is 1. The molecule has 0 spiro atoms. The molecule has 1 aliphatic rings. The number of para-hydroxylation sites is 1. The van der Waals surface area contributed by atoms with Crippen molar-refractivity contribution in [2.24, 2.45) is 5.73 Å². The largest absolute Gasteiger partial charge is 0.382 e. The van der Waals surface area contributed by atoms with Gasteiger partial charge in [-0.05, 0) is 37.6 Å². The highest BCUT2D eigenvalue weighted by molar-refractivity contribution is 5.52. The lowest BCUT2D eigenvalue weighted by atomic mass is 9.87. The lowest BCUT2D eigenvalue weighted by Gasteiger charge is -2.34. The molecule has 0 atom stereocenters. The Morgan fingerprint density at radius 1 is 1.22 bits per heavy atom. The minimum Gasteiger partial charge on any atom is -0.382 e. The second-order valence-electron chi connectivity index (χ2n) is 5.19. The van der Waals surface area contributed by atoms with Crippen LogP contribution in [0.2, 0.25) is 0 Å². The van der Waals surface area contributed by atoms with Crippen LogP contribution in [0, 0.1) is 0 Å². The molecule has 0 aliphatic heterocycles. The molecule has 18 heavy (non-hydrogen) atoms. The predicted octanol–water partition coefficient (Wildman–Crippen LogP) is 2.43. The summed E-state index contributed by atoms with van der Waals surface area (Å²) in [6.45, 7) is 7.64. The second-order valence-corrected chi connectivity index (χ2v) is 5.19. The van der Waals surface area contributed by atoms with Crippen LogP contribution in [0.15, 0.2) is 24.3 Å². The molecule has 100 valence electrons. The second kappa shape index (κ2) is 6.21. The first-order valence-electron chi connectivity index (χ1n) is 7.05. The van der Waals surface area contributed by atoms with Gasteiger partial charge in [-0.25, -0.2) is 0 Å². The molecule has 3 nitrogen and oxygen atoms in total. The normalized spacial score (nSPS) is 22.9. The van der Waals surface area contributed by atoms with Crippen molar-refractivity contribution in [1.82, 2.24) is 4.90 Å². The van der Waals surface area contributed by atoms with Gasteiger partial charge in [-0.3, -0.25) is 4.90 Å². The third kappa shape index (κ3) is 3.24. The van der Waals surface area contributed by atoms with Crippen molar-refractivity contribution in [3.63, 3.8) is 0 Å². The molecule has 0 aromatic heterocycles. The van der Waals surface area contributed by atoms with Crippen LogP contribution in [-0.2, 0) is 6.54 Å². The molecule has 0 amide bonds. The van der Waals surface area contributed by atoms with E-state index >= 15 is 0 Å². The van der Waals surface area contributed by atoms with Gasteiger partial charge in [-0.1, -0.05) is 32.0 Å². The minimum atomic E-state index is 0.400. The van der Waals surface area contributed by atoms with Crippen LogP contribution < -0.4 is 11.1 Å². The van der Waals surface area contributed by atoms with Crippen LogP contribution in [-0.4, -0.2) is 30.1 Å². The van der Waals surface area contributed by atoms with Crippen LogP contribution in [0.3, 0.4) is 0 Å². The highest BCUT2D eigenvalue weighted by atomic mass is 15.1. The van der Waals surface area contributed by atoms with E-state index in [1.54, 1.807) is 0 Å². The summed E-state index contributed by atoms with van der Waals surface area (Å²) in [7, 11) is 0. The molecule has 1 aromatic rings. The Bertz CT molecular complexity index is 368. The summed E-state index contributed by atoms with van der Waals surface area (Å²) >= 11 is 0. The molecule has 1 aromatic carbocycles. The van der Waals surface area contributed by atoms with Gasteiger partial charge in [0.2, 0.25) is 0 Å². The van der Waals surface area contributed by atoms with Gasteiger partial charge in [-0.2, -0.15) is 0 Å². The molecule has 1 saturated carbocycles. The standard InChI is InChI=1S/C15H25N3/c1-3-18(4-2)11-12-7-5-6-8-15(12)17-14-9-13(16)10-14/h5-8,13-14,17H,3-4,9-11,16H2,1-2H3. The van der Waals surface area contributed by atoms with E-state index in [1.807, 2.05) is 0 Å². The Balaban J connectivity index is 2.00. The summed E-state index contributed by atoms with van der Waals surface area (Å²) in [5, 5.41) is 3.62. The zero-order valence-corrected chi connectivity index (χ0v) is 11.5. The Hall–Kier alpha value is -1.06. The van der Waals surface area contributed by atoms with E-state index in [0.29, 0.717) is 12.1 Å². The fraction of sp³-hybridized carbons (Fsp3) is 0.600. The average Bonchev–Trinajstić information content (AvgIpc) is 2.36. The van der Waals surface area contributed by atoms with E-state index in [2.05, 4.69) is 48.3 Å². The Labute approximate surface area is 110 Å². The highest BCUT2D eigenvalue weighted by Crippen LogP contribution is 2.25. The summed E-state index contributed by atoms with van der Waals surface area (Å²) in [5.74, 6) is 0. The van der Waals surface area contributed by atoms with E-state index in [4.69, 9.17) is 5.73 Å². The number of hydrogen-bond acceptors (Lipinski definition) is 3. The van der Waals surface area contributed by atoms with Gasteiger partial charge in [0.1, 0.15) is 0 Å². The third-order valence-electron chi connectivity index (χ3n) is 3.84. The Morgan fingerprint density at radius 3 is 2.50 bits per heavy atom. The lowest BCUT2D eigenvalue weighted by molar-refractivity contribution is 0.296. The molecule has 0 saturated heterocycles. The molecule has 0 heterocycles. The van der Waals surface area contributed by atoms with Gasteiger partial charge >= 0.3 is 0 Å². The van der Waals surface area contributed by atoms with E-state index < -0.39 is 0 Å². The van der Waals surface area contributed by atoms with Crippen molar-refractivity contribution in [1.29, 1.82) is 0 Å². The summed E-state index contributed by atoms with van der Waals surface area (Å²) in [5.41, 5.74) is 8.51. The number of hydrogen-bond donors (Lipinski definition) is 2. The Kier molecular flexibility index (Phi) is 4.61. The van der Waals surface area contributed by atoms with E-state index in [-0.39, 0.29) is 0 Å². The number of nitrogens with zero attached hydrogens (tertiary/aromatic N) is 1. The minimum absolute atomic E-state index is 0.400. The van der Waals surface area contributed by atoms with Crippen LogP contribution in [0.1, 0.15) is 32.3 Å². The first-order valence-corrected chi connectivity index (χ1v) is 7.05. The zero-order valence-electron chi connectivity index (χ0n) is 11.5. The Morgan fingerprint density at radius 2 is 1.89 bits per heavy atom. The SMILES string of the molecule is CCN(CC)Cc1ccccc1NC1CC(N)C1. The van der Waals surface area contributed by atoms with Crippen molar-refractivity contribution in [3.8, 4) is 0 Å². The summed E-state index contributed by atoms with van der Waals surface area (Å²) in [6.07, 6.45) is 2.19. The molecule has 3 N–H and O–H groups in total. The molecule has 0 radical (unpaired) electrons. The van der Waals surface area contributed by atoms with Crippen molar-refractivity contribution in [2.75, 3.05) is 18.4 Å². The molecular formula is C15H25N3. The molecule has 3 heteroatoms. The summed E-state index contributed by atoms with van der Waals surface area (Å²) in [6, 6.07) is 9.60. The van der Waals surface area contributed by atoms with Crippen molar-refractivity contribution in [3.05, 3.63) is 29.8 Å². The average molecular weight is 247 g/mol. The predicted molar refractivity (Wildman–Crippen MR) is 77.7 cm³/mol. The first-order chi connectivity index (χ1) is 8.72. The van der Waals surface area contributed by atoms with Gasteiger partial charge in [0.05, 0.1) is 0 Å². The monoisotopic (exact) mass is 247 g/mol. The van der Waals surface area contributed by atoms with Crippen molar-refractivity contribution >= 4 is 5.69 Å². The molecule has 1 fully saturated rings. The fourth-order valence-corrected chi connectivity index (χ4v) is 2.49. The molecule has 0 unspecified atom stereocenters. The van der Waals surface area contributed by atoms with E-state index in [0.717, 1.165) is 32.5 Å². The van der Waals surface area contributed by atoms with E-state index in [1.165, 1.54) is 11.3 Å². The molecule has 1 aliphatic carbocycles. The molecular weight excluding hydrogens is 222 g/mol. The molecule has 2 rings (SSSR count). The first kappa shape index (κ1) is 13.4. The number of benzene rings is 1. The maximum absolute atomic E-state index is 5.84. The van der Waals surface area contributed by atoms with Crippen molar-refractivity contribution < 1.29 is 0 Å². The van der Waals surface area contributed by atoms with Crippen LogP contribution in [0.25, 0.3) is 0 Å². The van der Waals surface area contributed by atoms with Crippen LogP contribution in [0.5, 0.6) is 0 Å². The van der Waals surface area contributed by atoms with Gasteiger partial charge < -0.3 is 11.1 Å². The van der Waals surface area contributed by atoms with Crippen LogP contribution >= 0.6 is 0 Å². The topological polar surface area (TPSA) is 41.3 Å². The van der Waals surface area contributed by atoms with Gasteiger partial charge in [0.25, 0.3) is 0 Å². The highest BCUT2D eigenvalue weighted by Gasteiger charge is 2.25. The van der Waals surface area contributed by atoms with Gasteiger partial charge in [0, 0.05) is 24.3 Å². The quantitative estimate of drug-likeness (QED) is 0.811. The fourth-order valence-electron chi connectivity index (χ4n) is 2.49. The third-order valence-corrected chi connectivity index (χ3v) is 3.84. The summed E-state index contributed by atoms with van der Waals surface area (Å²) in [4.78, 5) is 2.44. The zero-order chi connectivity index (χ0) is 13.0. The van der Waals surface area contributed by atoms with Crippen LogP contribution in [0.4, 0.5) is 5.69 Å². The van der Waals surface area contributed by atoms with Gasteiger partial charge in [0.15, 0.2) is 0 Å². The maximum Gasteiger partial charge on any atom is 0.0388 e. The van der Waals surface area contributed by atoms with Crippen molar-refractivity contribution in [2.45, 2.75) is 45.3 Å². The number of nitrogens with one attached hydrogen (secondary N) is 1. The number of rotatable bonds is 6. The molecule has 0 bridgehead atoms. The summed E-state index contributed by atoms with van der Waals surface area (Å²) < 4.78 is 0. The van der Waals surface area contributed by atoms with Gasteiger partial charge in [-0.15, -0.1) is 0 Å². The maximum atomic E-state index is 5.84. The number of anilines is 1. The van der Waals surface area contributed by atoms with E-state index in [9.17, 15) is 0 Å². The smallest absolute Gasteiger partial charge is 0.0388 e. The lowest BCUT2D eigenvalue weighted by Crippen LogP contribution is -2.44.